The summed E-state index contributed by atoms with van der Waals surface area (Å²) in [4.78, 5) is 12.2. The lowest BCUT2D eigenvalue weighted by Gasteiger charge is -2.31. The number of hydrogen-bond acceptors (Lipinski definition) is 4. The van der Waals surface area contributed by atoms with Crippen LogP contribution in [0.4, 0.5) is 28.9 Å². The van der Waals surface area contributed by atoms with Gasteiger partial charge in [-0.05, 0) is 48.0 Å². The van der Waals surface area contributed by atoms with Crippen LogP contribution in [0.2, 0.25) is 0 Å². The van der Waals surface area contributed by atoms with Crippen molar-refractivity contribution in [1.29, 1.82) is 5.41 Å². The van der Waals surface area contributed by atoms with Crippen LogP contribution in [0.1, 0.15) is 27.2 Å². The van der Waals surface area contributed by atoms with Gasteiger partial charge in [0.2, 0.25) is 5.60 Å². The molecule has 0 fully saturated rings. The molecule has 1 unspecified atom stereocenters. The summed E-state index contributed by atoms with van der Waals surface area (Å²) in [5.74, 6) is -1.08. The first-order chi connectivity index (χ1) is 16.0. The minimum atomic E-state index is -5.15. The molecule has 178 valence electrons. The van der Waals surface area contributed by atoms with E-state index in [1.165, 1.54) is 48.0 Å². The number of halogens is 4. The van der Waals surface area contributed by atoms with Crippen LogP contribution in [0.3, 0.4) is 0 Å². The van der Waals surface area contributed by atoms with E-state index in [9.17, 15) is 27.5 Å². The van der Waals surface area contributed by atoms with Gasteiger partial charge in [-0.2, -0.15) is 13.2 Å². The molecule has 0 radical (unpaired) electrons. The summed E-state index contributed by atoms with van der Waals surface area (Å²) in [6.07, 6.45) is -1.86. The lowest BCUT2D eigenvalue weighted by molar-refractivity contribution is -0.248. The molecular weight excluding hydrogens is 452 g/mol. The van der Waals surface area contributed by atoms with E-state index in [0.717, 1.165) is 30.6 Å². The standard InChI is InChI=1S/C24H22F4N4O2/c1-3-10-32-14-17(12-21(32)22(33)30-2)23(34,24(26,27)28)16-4-9-20(15(11-16)13-29)31-19-7-5-18(25)6-8-19/h3-9,11-14,29,31,34H,1,10H2,2H3,(H,30,33). The normalized spacial score (nSPS) is 13.1. The van der Waals surface area contributed by atoms with E-state index in [2.05, 4.69) is 17.2 Å². The van der Waals surface area contributed by atoms with Crippen LogP contribution in [0.5, 0.6) is 0 Å². The van der Waals surface area contributed by atoms with Crippen LogP contribution in [-0.4, -0.2) is 35.0 Å². The number of rotatable bonds is 8. The monoisotopic (exact) mass is 474 g/mol. The first kappa shape index (κ1) is 24.7. The highest BCUT2D eigenvalue weighted by Gasteiger charge is 2.57. The maximum Gasteiger partial charge on any atom is 0.425 e. The van der Waals surface area contributed by atoms with Crippen molar-refractivity contribution < 1.29 is 27.5 Å². The van der Waals surface area contributed by atoms with Gasteiger partial charge in [0.15, 0.2) is 0 Å². The van der Waals surface area contributed by atoms with E-state index >= 15 is 0 Å². The molecule has 0 aliphatic heterocycles. The predicted octanol–water partition coefficient (Wildman–Crippen LogP) is 4.71. The minimum Gasteiger partial charge on any atom is -0.372 e. The maximum absolute atomic E-state index is 14.3. The van der Waals surface area contributed by atoms with Gasteiger partial charge in [-0.25, -0.2) is 4.39 Å². The van der Waals surface area contributed by atoms with Gasteiger partial charge < -0.3 is 25.7 Å². The largest absolute Gasteiger partial charge is 0.425 e. The number of nitrogens with zero attached hydrogens (tertiary/aromatic N) is 1. The molecule has 4 N–H and O–H groups in total. The van der Waals surface area contributed by atoms with Gasteiger partial charge in [0.25, 0.3) is 5.91 Å². The number of carbonyl (C=O) groups is 1. The molecule has 1 atom stereocenters. The molecule has 1 amide bonds. The second kappa shape index (κ2) is 9.52. The summed E-state index contributed by atoms with van der Waals surface area (Å²) in [6, 6.07) is 9.67. The molecule has 0 aliphatic carbocycles. The Morgan fingerprint density at radius 2 is 1.82 bits per heavy atom. The first-order valence-electron chi connectivity index (χ1n) is 10.1. The van der Waals surface area contributed by atoms with Crippen molar-refractivity contribution in [1.82, 2.24) is 9.88 Å². The Labute approximate surface area is 193 Å². The van der Waals surface area contributed by atoms with Gasteiger partial charge in [-0.15, -0.1) is 6.58 Å². The molecule has 1 aromatic heterocycles. The predicted molar refractivity (Wildman–Crippen MR) is 121 cm³/mol. The van der Waals surface area contributed by atoms with E-state index in [1.54, 1.807) is 0 Å². The van der Waals surface area contributed by atoms with E-state index in [4.69, 9.17) is 5.41 Å². The van der Waals surface area contributed by atoms with Crippen molar-refractivity contribution in [3.8, 4) is 0 Å². The van der Waals surface area contributed by atoms with Gasteiger partial charge in [0.1, 0.15) is 11.5 Å². The van der Waals surface area contributed by atoms with Crippen molar-refractivity contribution in [2.75, 3.05) is 12.4 Å². The summed E-state index contributed by atoms with van der Waals surface area (Å²) < 4.78 is 57.4. The molecule has 3 rings (SSSR count). The molecule has 10 heteroatoms. The zero-order valence-electron chi connectivity index (χ0n) is 18.1. The van der Waals surface area contributed by atoms with Crippen molar-refractivity contribution in [3.05, 3.63) is 95.6 Å². The van der Waals surface area contributed by atoms with Gasteiger partial charge in [0.05, 0.1) is 0 Å². The molecule has 0 spiro atoms. The van der Waals surface area contributed by atoms with Gasteiger partial charge in [-0.1, -0.05) is 12.1 Å². The number of carbonyl (C=O) groups excluding carboxylic acids is 1. The van der Waals surface area contributed by atoms with Crippen molar-refractivity contribution in [2.45, 2.75) is 18.3 Å². The highest BCUT2D eigenvalue weighted by molar-refractivity contribution is 5.93. The third-order valence-corrected chi connectivity index (χ3v) is 5.26. The van der Waals surface area contributed by atoms with Crippen molar-refractivity contribution in [3.63, 3.8) is 0 Å². The molecule has 0 saturated heterocycles. The lowest BCUT2D eigenvalue weighted by Crippen LogP contribution is -2.43. The molecule has 6 nitrogen and oxygen atoms in total. The fourth-order valence-corrected chi connectivity index (χ4v) is 3.52. The zero-order valence-corrected chi connectivity index (χ0v) is 18.1. The van der Waals surface area contributed by atoms with Gasteiger partial charge in [-0.3, -0.25) is 4.79 Å². The molecule has 3 aromatic rings. The third kappa shape index (κ3) is 4.58. The van der Waals surface area contributed by atoms with Crippen LogP contribution >= 0.6 is 0 Å². The summed E-state index contributed by atoms with van der Waals surface area (Å²) in [5.41, 5.74) is -3.85. The number of allylic oxidation sites excluding steroid dienone is 1. The second-order valence-corrected chi connectivity index (χ2v) is 7.42. The number of benzene rings is 2. The van der Waals surface area contributed by atoms with Crippen LogP contribution < -0.4 is 10.6 Å². The topological polar surface area (TPSA) is 90.1 Å². The van der Waals surface area contributed by atoms with Crippen LogP contribution in [0, 0.1) is 11.2 Å². The Hall–Kier alpha value is -3.92. The molecule has 1 heterocycles. The number of amides is 1. The van der Waals surface area contributed by atoms with Gasteiger partial charge >= 0.3 is 6.18 Å². The number of hydrogen-bond donors (Lipinski definition) is 4. The fraction of sp³-hybridized carbons (Fsp3) is 0.167. The molecule has 0 bridgehead atoms. The van der Waals surface area contributed by atoms with E-state index in [-0.39, 0.29) is 23.5 Å². The molecule has 2 aromatic carbocycles. The average molecular weight is 474 g/mol. The average Bonchev–Trinajstić information content (AvgIpc) is 3.23. The Morgan fingerprint density at radius 1 is 1.15 bits per heavy atom. The maximum atomic E-state index is 14.3. The van der Waals surface area contributed by atoms with Gasteiger partial charge in [0, 0.05) is 48.5 Å². The highest BCUT2D eigenvalue weighted by Crippen LogP contribution is 2.45. The van der Waals surface area contributed by atoms with E-state index in [0.29, 0.717) is 5.69 Å². The summed E-state index contributed by atoms with van der Waals surface area (Å²) in [5, 5.41) is 24.0. The SMILES string of the molecule is C=CCn1cc(C(O)(c2ccc(Nc3ccc(F)cc3)c(C=N)c2)C(F)(F)F)cc1C(=O)NC. The minimum absolute atomic E-state index is 0.0446. The lowest BCUT2D eigenvalue weighted by atomic mass is 9.86. The highest BCUT2D eigenvalue weighted by atomic mass is 19.4. The second-order valence-electron chi connectivity index (χ2n) is 7.42. The van der Waals surface area contributed by atoms with E-state index < -0.39 is 34.6 Å². The summed E-state index contributed by atoms with van der Waals surface area (Å²) in [7, 11) is 1.34. The number of aliphatic hydroxyl groups is 1. The molecular formula is C24H22F4N4O2. The quantitative estimate of drug-likeness (QED) is 0.217. The van der Waals surface area contributed by atoms with Crippen LogP contribution in [0.15, 0.2) is 67.4 Å². The summed E-state index contributed by atoms with van der Waals surface area (Å²) >= 11 is 0. The molecule has 0 aliphatic rings. The molecule has 34 heavy (non-hydrogen) atoms. The van der Waals surface area contributed by atoms with Crippen molar-refractivity contribution >= 4 is 23.5 Å². The van der Waals surface area contributed by atoms with E-state index in [1.807, 2.05) is 0 Å². The number of aromatic nitrogens is 1. The Bertz CT molecular complexity index is 1220. The zero-order chi connectivity index (χ0) is 25.1. The van der Waals surface area contributed by atoms with Crippen LogP contribution in [0.25, 0.3) is 0 Å². The number of alkyl halides is 3. The number of nitrogens with one attached hydrogen (secondary N) is 3. The summed E-state index contributed by atoms with van der Waals surface area (Å²) in [6.45, 7) is 3.59. The van der Waals surface area contributed by atoms with Crippen LogP contribution in [-0.2, 0) is 12.1 Å². The Balaban J connectivity index is 2.13. The Morgan fingerprint density at radius 3 is 2.38 bits per heavy atom. The first-order valence-corrected chi connectivity index (χ1v) is 10.1. The Kier molecular flexibility index (Phi) is 6.92. The third-order valence-electron chi connectivity index (χ3n) is 5.26. The fourth-order valence-electron chi connectivity index (χ4n) is 3.52. The molecule has 0 saturated carbocycles. The smallest absolute Gasteiger partial charge is 0.372 e. The van der Waals surface area contributed by atoms with Crippen molar-refractivity contribution in [2.24, 2.45) is 0 Å². The number of anilines is 2.